The van der Waals surface area contributed by atoms with Gasteiger partial charge in [-0.1, -0.05) is 209 Å². The fourth-order valence-electron chi connectivity index (χ4n) is 15.5. The number of hydrogen-bond acceptors (Lipinski definition) is 8. The van der Waals surface area contributed by atoms with Crippen LogP contribution in [0.4, 0.5) is 0 Å². The van der Waals surface area contributed by atoms with E-state index in [4.69, 9.17) is 0 Å². The molecule has 2 atom stereocenters. The summed E-state index contributed by atoms with van der Waals surface area (Å²) in [5, 5.41) is 0. The predicted octanol–water partition coefficient (Wildman–Crippen LogP) is 31.9. The van der Waals surface area contributed by atoms with Gasteiger partial charge < -0.3 is 0 Å². The Morgan fingerprint density at radius 2 is 0.583 bits per heavy atom. The van der Waals surface area contributed by atoms with E-state index in [1.165, 1.54) is 260 Å². The van der Waals surface area contributed by atoms with Crippen LogP contribution in [-0.4, -0.2) is 0 Å². The monoisotopic (exact) mass is 1540 g/mol. The smallest absolute Gasteiger partial charge is 0.0740 e. The molecule has 4 aliphatic carbocycles. The number of fused-ring (bicyclic) bond motifs is 3. The highest BCUT2D eigenvalue weighted by atomic mass is 79.9. The molecule has 9 aromatic rings. The Bertz CT molecular complexity index is 4220. The van der Waals surface area contributed by atoms with Crippen molar-refractivity contribution in [3.8, 4) is 58.5 Å². The highest BCUT2D eigenvalue weighted by Gasteiger charge is 2.62. The van der Waals surface area contributed by atoms with Crippen molar-refractivity contribution in [2.24, 2.45) is 21.7 Å². The van der Waals surface area contributed by atoms with E-state index in [1.54, 1.807) is 22.3 Å². The maximum Gasteiger partial charge on any atom is 0.0740 e. The van der Waals surface area contributed by atoms with Crippen LogP contribution in [-0.2, 0) is 25.7 Å². The number of thiophene rings is 8. The zero-order valence-corrected chi connectivity index (χ0v) is 68.4. The normalized spacial score (nSPS) is 17.7. The zero-order chi connectivity index (χ0) is 67.3. The first-order chi connectivity index (χ1) is 46.3. The standard InChI is InChI=1S/C86H96Br2S8/c1-13-17-21-25-33-57-59(35-27-23-19-15-3)81(87)95-79(57)75-47-43-71(93-75)67-39-37-65(89-67)69-41-45-73(91-69)77-63-51-53(83(5,6)7)49-61-55-31-29-30-32-56(55)62-50-54(84(8,9)10)52-64(86(62,12)85(61,63)11)78(77)74-46-42-70(92-74)66-38-40-68(90-66)72-44-48-76(94-72)80-58(34-26-22-18-14-2)60(82(88)96-80)36-28-24-20-16-4/h29-32,37-52H,13-28,33-36H2,1-12H3/t85-,86-/m0/s1. The number of halogens is 2. The Morgan fingerprint density at radius 3 is 0.885 bits per heavy atom. The molecule has 502 valence electrons. The Morgan fingerprint density at radius 1 is 0.312 bits per heavy atom. The number of unbranched alkanes of at least 4 members (excludes halogenated alkanes) is 12. The summed E-state index contributed by atoms with van der Waals surface area (Å²) in [4.78, 5) is 19.3. The maximum atomic E-state index is 4.12. The van der Waals surface area contributed by atoms with E-state index in [0.29, 0.717) is 0 Å². The van der Waals surface area contributed by atoms with Crippen LogP contribution in [0.5, 0.6) is 0 Å². The number of allylic oxidation sites excluding steroid dienone is 12. The highest BCUT2D eigenvalue weighted by Crippen LogP contribution is 2.75. The SMILES string of the molecule is CCCCCCc1c(Br)sc(-c2ccc(-c3ccc(-c4ccc(C5=C6C=C(C(C)(C)C)C=C7c8ccccc8C8=CC(C(C)(C)C)=CC(=C5c5ccc(-c9ccc(-c%10ccc(-c%11sc(Br)c(CCCCCC)c%11CCCCCC)s%10)s9)s5)[C@@]8(C)[C@@]76C)s4)s3)s2)c1CCCCCC. The topological polar surface area (TPSA) is 0 Å². The average molecular weight is 1550 g/mol. The van der Waals surface area contributed by atoms with Gasteiger partial charge >= 0.3 is 0 Å². The second-order valence-corrected chi connectivity index (χ2v) is 40.9. The average Bonchev–Trinajstić information content (AvgIpc) is 0.695. The van der Waals surface area contributed by atoms with Gasteiger partial charge in [0.2, 0.25) is 0 Å². The molecule has 0 bridgehead atoms. The first-order valence-corrected chi connectivity index (χ1v) is 44.1. The minimum absolute atomic E-state index is 0.0822. The molecule has 1 aromatic carbocycles. The Hall–Kier alpha value is -3.78. The van der Waals surface area contributed by atoms with Crippen LogP contribution in [0.3, 0.4) is 0 Å². The Labute approximate surface area is 624 Å². The van der Waals surface area contributed by atoms with Crippen LogP contribution in [0.15, 0.2) is 151 Å². The lowest BCUT2D eigenvalue weighted by atomic mass is 9.41. The van der Waals surface area contributed by atoms with E-state index in [-0.39, 0.29) is 21.7 Å². The van der Waals surface area contributed by atoms with Crippen LogP contribution >= 0.6 is 123 Å². The summed E-state index contributed by atoms with van der Waals surface area (Å²) in [6.07, 6.45) is 35.9. The molecule has 0 unspecified atom stereocenters. The molecular weight excluding hydrogens is 1450 g/mol. The van der Waals surface area contributed by atoms with Crippen molar-refractivity contribution in [2.45, 2.75) is 212 Å². The third-order valence-electron chi connectivity index (χ3n) is 21.2. The molecule has 8 aromatic heterocycles. The summed E-state index contributed by atoms with van der Waals surface area (Å²) in [6.45, 7) is 29.0. The van der Waals surface area contributed by atoms with Gasteiger partial charge in [0, 0.05) is 90.3 Å². The molecule has 4 aliphatic rings. The molecule has 96 heavy (non-hydrogen) atoms. The summed E-state index contributed by atoms with van der Waals surface area (Å²) in [5.74, 6) is 0. The fraction of sp³-hybridized carbons (Fsp3) is 0.419. The van der Waals surface area contributed by atoms with Crippen LogP contribution in [0, 0.1) is 21.7 Å². The molecule has 0 spiro atoms. The largest absolute Gasteiger partial charge is 0.134 e. The van der Waals surface area contributed by atoms with Gasteiger partial charge in [-0.3, -0.25) is 0 Å². The molecule has 0 fully saturated rings. The lowest BCUT2D eigenvalue weighted by Gasteiger charge is -2.61. The Kier molecular flexibility index (Phi) is 21.8. The van der Waals surface area contributed by atoms with E-state index in [1.807, 2.05) is 90.7 Å². The van der Waals surface area contributed by atoms with Crippen LogP contribution in [0.2, 0.25) is 0 Å². The third kappa shape index (κ3) is 13.6. The molecule has 13 rings (SSSR count). The van der Waals surface area contributed by atoms with Crippen molar-refractivity contribution >= 4 is 145 Å². The van der Waals surface area contributed by atoms with Gasteiger partial charge in [0.15, 0.2) is 0 Å². The number of rotatable bonds is 28. The molecule has 0 saturated carbocycles. The molecular formula is C86H96Br2S8. The van der Waals surface area contributed by atoms with Crippen molar-refractivity contribution in [1.82, 2.24) is 0 Å². The molecule has 10 heteroatoms. The van der Waals surface area contributed by atoms with Crippen LogP contribution in [0.1, 0.15) is 229 Å². The van der Waals surface area contributed by atoms with Crippen molar-refractivity contribution in [3.05, 3.63) is 194 Å². The number of hydrogen-bond donors (Lipinski definition) is 0. The van der Waals surface area contributed by atoms with E-state index < -0.39 is 0 Å². The fourth-order valence-corrected chi connectivity index (χ4v) is 26.4. The first-order valence-electron chi connectivity index (χ1n) is 36.0. The highest BCUT2D eigenvalue weighted by molar-refractivity contribution is 9.11. The summed E-state index contributed by atoms with van der Waals surface area (Å²) in [5.41, 5.74) is 19.6. The van der Waals surface area contributed by atoms with Crippen LogP contribution < -0.4 is 0 Å². The predicted molar refractivity (Wildman–Crippen MR) is 443 cm³/mol. The third-order valence-corrected chi connectivity index (χ3v) is 32.9. The van der Waals surface area contributed by atoms with Gasteiger partial charge in [0.25, 0.3) is 0 Å². The second kappa shape index (κ2) is 29.7. The zero-order valence-electron chi connectivity index (χ0n) is 58.7. The Balaban J connectivity index is 0.902. The first kappa shape index (κ1) is 70.6. The van der Waals surface area contributed by atoms with Gasteiger partial charge in [-0.25, -0.2) is 0 Å². The molecule has 0 aliphatic heterocycles. The summed E-state index contributed by atoms with van der Waals surface area (Å²) >= 11 is 24.1. The van der Waals surface area contributed by atoms with Crippen molar-refractivity contribution in [2.75, 3.05) is 0 Å². The van der Waals surface area contributed by atoms with Gasteiger partial charge in [-0.2, -0.15) is 0 Å². The van der Waals surface area contributed by atoms with E-state index >= 15 is 0 Å². The van der Waals surface area contributed by atoms with Crippen molar-refractivity contribution < 1.29 is 0 Å². The maximum absolute atomic E-state index is 4.12. The second-order valence-electron chi connectivity index (χ2n) is 29.7. The van der Waals surface area contributed by atoms with Crippen molar-refractivity contribution in [1.29, 1.82) is 0 Å². The molecule has 0 saturated heterocycles. The summed E-state index contributed by atoms with van der Waals surface area (Å²) < 4.78 is 2.70. The lowest BCUT2D eigenvalue weighted by Crippen LogP contribution is -2.49. The number of benzene rings is 1. The molecule has 0 radical (unpaired) electrons. The van der Waals surface area contributed by atoms with E-state index in [9.17, 15) is 0 Å². The molecule has 0 nitrogen and oxygen atoms in total. The van der Waals surface area contributed by atoms with E-state index in [2.05, 4.69) is 236 Å². The minimum atomic E-state index is -0.371. The lowest BCUT2D eigenvalue weighted by molar-refractivity contribution is 0.301. The minimum Gasteiger partial charge on any atom is -0.134 e. The van der Waals surface area contributed by atoms with Gasteiger partial charge in [-0.05, 0) is 234 Å². The van der Waals surface area contributed by atoms with Crippen LogP contribution in [0.25, 0.3) is 80.8 Å². The van der Waals surface area contributed by atoms with Gasteiger partial charge in [-0.15, -0.1) is 90.7 Å². The van der Waals surface area contributed by atoms with Gasteiger partial charge in [0.1, 0.15) is 0 Å². The summed E-state index contributed by atoms with van der Waals surface area (Å²) in [6, 6.07) is 38.6. The summed E-state index contributed by atoms with van der Waals surface area (Å²) in [7, 11) is 0. The molecule has 0 amide bonds. The molecule has 8 heterocycles. The van der Waals surface area contributed by atoms with Gasteiger partial charge in [0.05, 0.1) is 7.57 Å². The quantitative estimate of drug-likeness (QED) is 0.0429. The molecule has 0 N–H and O–H groups in total. The van der Waals surface area contributed by atoms with Crippen molar-refractivity contribution in [3.63, 3.8) is 0 Å². The van der Waals surface area contributed by atoms with E-state index in [0.717, 1.165) is 0 Å².